The zero-order valence-corrected chi connectivity index (χ0v) is 13.7. The molecule has 0 aromatic rings. The third kappa shape index (κ3) is 5.60. The third-order valence-electron chi connectivity index (χ3n) is 2.23. The van der Waals surface area contributed by atoms with Gasteiger partial charge in [0.1, 0.15) is 0 Å². The number of carbonyl (C=O) groups is 2. The average molecular weight is 367 g/mol. The molecule has 106 valence electrons. The first kappa shape index (κ1) is 16.6. The summed E-state index contributed by atoms with van der Waals surface area (Å²) in [5.74, 6) is 0.783. The van der Waals surface area contributed by atoms with Crippen molar-refractivity contribution < 1.29 is 14.3 Å². The van der Waals surface area contributed by atoms with E-state index < -0.39 is 0 Å². The number of methoxy groups -OCH3 is 1. The number of amides is 1. The molecular weight excluding hydrogens is 352 g/mol. The van der Waals surface area contributed by atoms with E-state index in [0.29, 0.717) is 13.0 Å². The molecule has 1 aliphatic heterocycles. The summed E-state index contributed by atoms with van der Waals surface area (Å²) in [6.45, 7) is 4.91. The van der Waals surface area contributed by atoms with Gasteiger partial charge in [0.25, 0.3) is 5.24 Å². The molecule has 19 heavy (non-hydrogen) atoms. The predicted molar refractivity (Wildman–Crippen MR) is 83.3 cm³/mol. The lowest BCUT2D eigenvalue weighted by atomic mass is 10.3. The fourth-order valence-corrected chi connectivity index (χ4v) is 3.10. The Bertz CT molecular complexity index is 401. The normalized spacial score (nSPS) is 16.9. The molecular formula is C11H15BrN2O3S2. The van der Waals surface area contributed by atoms with E-state index in [2.05, 4.69) is 32.7 Å². The number of carbonyl (C=O) groups excluding carboxylic acids is 2. The molecule has 0 saturated carbocycles. The molecule has 1 N–H and O–H groups in total. The summed E-state index contributed by atoms with van der Waals surface area (Å²) in [4.78, 5) is 23.7. The van der Waals surface area contributed by atoms with E-state index in [-0.39, 0.29) is 10.5 Å². The Hall–Kier alpha value is -0.440. The fraction of sp³-hybridized carbons (Fsp3) is 0.455. The first-order valence-corrected chi connectivity index (χ1v) is 8.12. The Kier molecular flexibility index (Phi) is 7.59. The van der Waals surface area contributed by atoms with Crippen LogP contribution in [-0.4, -0.2) is 41.5 Å². The van der Waals surface area contributed by atoms with E-state index in [4.69, 9.17) is 0 Å². The van der Waals surface area contributed by atoms with Gasteiger partial charge in [-0.15, -0.1) is 0 Å². The lowest BCUT2D eigenvalue weighted by Crippen LogP contribution is -2.46. The van der Waals surface area contributed by atoms with Gasteiger partial charge in [-0.2, -0.15) is 0 Å². The number of halogens is 1. The van der Waals surface area contributed by atoms with Crippen molar-refractivity contribution in [3.8, 4) is 0 Å². The van der Waals surface area contributed by atoms with Crippen molar-refractivity contribution >= 4 is 50.0 Å². The number of hydrogen-bond acceptors (Lipinski definition) is 6. The van der Waals surface area contributed by atoms with Gasteiger partial charge in [-0.25, -0.2) is 10.2 Å². The minimum atomic E-state index is -0.388. The van der Waals surface area contributed by atoms with Crippen LogP contribution in [0.25, 0.3) is 0 Å². The molecule has 0 aliphatic carbocycles. The van der Waals surface area contributed by atoms with Gasteiger partial charge in [0.2, 0.25) is 0 Å². The molecule has 1 heterocycles. The van der Waals surface area contributed by atoms with Crippen LogP contribution in [0.4, 0.5) is 9.59 Å². The minimum absolute atomic E-state index is 0.00314. The smallest absolute Gasteiger partial charge is 0.371 e. The Morgan fingerprint density at radius 1 is 1.74 bits per heavy atom. The number of nitrogens with zero attached hydrogens (tertiary/aromatic N) is 1. The molecule has 5 nitrogen and oxygen atoms in total. The predicted octanol–water partition coefficient (Wildman–Crippen LogP) is 3.34. The second-order valence-electron chi connectivity index (χ2n) is 3.46. The summed E-state index contributed by atoms with van der Waals surface area (Å²) >= 11 is 5.63. The molecule has 1 amide bonds. The summed E-state index contributed by atoms with van der Waals surface area (Å²) < 4.78 is 5.36. The van der Waals surface area contributed by atoms with Crippen molar-refractivity contribution in [2.75, 3.05) is 26.0 Å². The molecule has 1 rings (SSSR count). The average Bonchev–Trinajstić information content (AvgIpc) is 2.43. The fourth-order valence-electron chi connectivity index (χ4n) is 1.32. The van der Waals surface area contributed by atoms with Crippen LogP contribution in [0.5, 0.6) is 0 Å². The van der Waals surface area contributed by atoms with Crippen LogP contribution >= 0.6 is 39.5 Å². The summed E-state index contributed by atoms with van der Waals surface area (Å²) in [5.41, 5.74) is 3.02. The molecule has 1 saturated heterocycles. The van der Waals surface area contributed by atoms with Crippen LogP contribution in [0, 0.1) is 0 Å². The molecule has 0 bridgehead atoms. The van der Waals surface area contributed by atoms with Gasteiger partial charge in [0.15, 0.2) is 0 Å². The van der Waals surface area contributed by atoms with Crippen LogP contribution in [0.3, 0.4) is 0 Å². The highest BCUT2D eigenvalue weighted by Crippen LogP contribution is 2.29. The summed E-state index contributed by atoms with van der Waals surface area (Å²) in [6, 6.07) is 0. The van der Waals surface area contributed by atoms with Crippen molar-refractivity contribution in [3.63, 3.8) is 0 Å². The molecule has 0 aromatic heterocycles. The van der Waals surface area contributed by atoms with Gasteiger partial charge in [0.05, 0.1) is 7.11 Å². The maximum atomic E-state index is 11.6. The topological polar surface area (TPSA) is 58.6 Å². The first-order chi connectivity index (χ1) is 9.08. The number of allylic oxidation sites excluding steroid dienone is 2. The largest absolute Gasteiger partial charge is 0.461 e. The lowest BCUT2D eigenvalue weighted by molar-refractivity contribution is 0.196. The van der Waals surface area contributed by atoms with Crippen molar-refractivity contribution in [2.24, 2.45) is 0 Å². The monoisotopic (exact) mass is 366 g/mol. The van der Waals surface area contributed by atoms with Gasteiger partial charge >= 0.3 is 5.30 Å². The van der Waals surface area contributed by atoms with E-state index in [1.807, 2.05) is 0 Å². The molecule has 1 fully saturated rings. The lowest BCUT2D eigenvalue weighted by Gasteiger charge is -2.27. The maximum Gasteiger partial charge on any atom is 0.371 e. The maximum absolute atomic E-state index is 11.6. The van der Waals surface area contributed by atoms with Gasteiger partial charge in [-0.3, -0.25) is 9.80 Å². The van der Waals surface area contributed by atoms with Crippen LogP contribution in [0.1, 0.15) is 6.42 Å². The third-order valence-corrected chi connectivity index (χ3v) is 5.18. The summed E-state index contributed by atoms with van der Waals surface area (Å²) in [5, 5.41) is 1.18. The van der Waals surface area contributed by atoms with Crippen LogP contribution in [0.2, 0.25) is 0 Å². The standard InChI is InChI=1S/C11H15BrN2O3S2/c1-3-8(12)9(19-11(16)17-2)4-6-14-10(15)18-7-5-13-14/h3,13H,1,4-7H2,2H3/b9-8+. The summed E-state index contributed by atoms with van der Waals surface area (Å²) in [7, 11) is 1.33. The quantitative estimate of drug-likeness (QED) is 0.594. The minimum Gasteiger partial charge on any atom is -0.461 e. The molecule has 0 radical (unpaired) electrons. The highest BCUT2D eigenvalue weighted by atomic mass is 79.9. The van der Waals surface area contributed by atoms with E-state index in [1.165, 1.54) is 18.9 Å². The van der Waals surface area contributed by atoms with E-state index in [0.717, 1.165) is 33.4 Å². The van der Waals surface area contributed by atoms with E-state index in [1.54, 1.807) is 11.1 Å². The van der Waals surface area contributed by atoms with Gasteiger partial charge in [0, 0.05) is 28.2 Å². The molecule has 0 spiro atoms. The molecule has 1 aliphatic rings. The number of nitrogens with one attached hydrogen (secondary N) is 1. The molecule has 0 aromatic carbocycles. The van der Waals surface area contributed by atoms with Gasteiger partial charge in [-0.1, -0.05) is 24.4 Å². The zero-order chi connectivity index (χ0) is 14.3. The number of rotatable bonds is 5. The Morgan fingerprint density at radius 3 is 3.05 bits per heavy atom. The SMILES string of the molecule is C=C/C(Br)=C(/CCN1NCCSC1=O)SC(=O)OC. The van der Waals surface area contributed by atoms with Gasteiger partial charge < -0.3 is 4.74 Å². The Labute approximate surface area is 129 Å². The van der Waals surface area contributed by atoms with E-state index >= 15 is 0 Å². The van der Waals surface area contributed by atoms with Crippen LogP contribution in [0.15, 0.2) is 22.0 Å². The summed E-state index contributed by atoms with van der Waals surface area (Å²) in [6.07, 6.45) is 2.16. The number of hydrogen-bond donors (Lipinski definition) is 1. The Balaban J connectivity index is 2.60. The number of thioether (sulfide) groups is 2. The second-order valence-corrected chi connectivity index (χ2v) is 6.39. The van der Waals surface area contributed by atoms with Crippen molar-refractivity contribution in [1.82, 2.24) is 10.4 Å². The highest BCUT2D eigenvalue weighted by Gasteiger charge is 2.19. The van der Waals surface area contributed by atoms with Gasteiger partial charge in [-0.05, 0) is 34.1 Å². The van der Waals surface area contributed by atoms with E-state index in [9.17, 15) is 9.59 Å². The van der Waals surface area contributed by atoms with Crippen molar-refractivity contribution in [1.29, 1.82) is 0 Å². The van der Waals surface area contributed by atoms with Crippen molar-refractivity contribution in [2.45, 2.75) is 6.42 Å². The first-order valence-electron chi connectivity index (χ1n) is 5.53. The molecule has 0 atom stereocenters. The molecule has 8 heteroatoms. The van der Waals surface area contributed by atoms with Crippen molar-refractivity contribution in [3.05, 3.63) is 22.0 Å². The molecule has 0 unspecified atom stereocenters. The van der Waals surface area contributed by atoms with Crippen LogP contribution < -0.4 is 5.43 Å². The second kappa shape index (κ2) is 8.68. The number of hydrazine groups is 1. The number of ether oxygens (including phenoxy) is 1. The Morgan fingerprint density at radius 2 is 2.47 bits per heavy atom. The highest BCUT2D eigenvalue weighted by molar-refractivity contribution is 9.12. The van der Waals surface area contributed by atoms with Crippen LogP contribution in [-0.2, 0) is 4.74 Å². The zero-order valence-electron chi connectivity index (χ0n) is 10.5.